The van der Waals surface area contributed by atoms with Gasteiger partial charge < -0.3 is 14.5 Å². The fraction of sp³-hybridized carbons (Fsp3) is 0.542. The van der Waals surface area contributed by atoms with Gasteiger partial charge in [-0.3, -0.25) is 4.79 Å². The van der Waals surface area contributed by atoms with Crippen LogP contribution in [0, 0.1) is 0 Å². The maximum Gasteiger partial charge on any atom is 0.409 e. The summed E-state index contributed by atoms with van der Waals surface area (Å²) in [7, 11) is -1.76. The van der Waals surface area contributed by atoms with Gasteiger partial charge >= 0.3 is 6.09 Å². The number of carbonyl (C=O) groups excluding carboxylic acids is 2. The maximum atomic E-state index is 13.4. The number of hydrogen-bond acceptors (Lipinski definition) is 8. The Labute approximate surface area is 229 Å². The highest BCUT2D eigenvalue weighted by Crippen LogP contribution is 2.47. The van der Waals surface area contributed by atoms with Gasteiger partial charge in [-0.1, -0.05) is 11.6 Å². The van der Waals surface area contributed by atoms with E-state index in [0.717, 1.165) is 51.9 Å². The van der Waals surface area contributed by atoms with Crippen LogP contribution in [0.3, 0.4) is 0 Å². The molecule has 2 aromatic rings. The van der Waals surface area contributed by atoms with E-state index in [1.165, 1.54) is 18.4 Å². The number of rotatable bonds is 9. The Hall–Kier alpha value is -1.86. The molecule has 1 saturated heterocycles. The molecule has 1 unspecified atom stereocenters. The first kappa shape index (κ1) is 26.7. The summed E-state index contributed by atoms with van der Waals surface area (Å²) in [6.07, 6.45) is 4.57. The van der Waals surface area contributed by atoms with Gasteiger partial charge in [0, 0.05) is 48.1 Å². The summed E-state index contributed by atoms with van der Waals surface area (Å²) in [4.78, 5) is 33.5. The lowest BCUT2D eigenvalue weighted by atomic mass is 9.81. The van der Waals surface area contributed by atoms with Crippen LogP contribution >= 0.6 is 34.7 Å². The zero-order valence-electron chi connectivity index (χ0n) is 20.4. The second-order valence-electron chi connectivity index (χ2n) is 9.65. The van der Waals surface area contributed by atoms with Crippen LogP contribution in [0.1, 0.15) is 36.3 Å². The number of amides is 2. The molecule has 1 spiro atoms. The van der Waals surface area contributed by atoms with Crippen molar-refractivity contribution in [1.29, 1.82) is 0 Å². The molecule has 2 amide bonds. The van der Waals surface area contributed by atoms with Crippen LogP contribution in [-0.4, -0.2) is 74.6 Å². The number of methoxy groups -OCH3 is 1. The summed E-state index contributed by atoms with van der Waals surface area (Å²) < 4.78 is 32.4. The number of fused-ring (bicyclic) bond motifs is 2. The predicted octanol–water partition coefficient (Wildman–Crippen LogP) is 3.66. The average molecular weight is 585 g/mol. The maximum absolute atomic E-state index is 13.4. The van der Waals surface area contributed by atoms with Crippen molar-refractivity contribution in [2.75, 3.05) is 43.9 Å². The SMILES string of the molecule is COC(=O)N1CCC2(C1)CN(C(=O)Cc1ncc(SCCCNS(=O)(=O)C3CC3)s1)c1ccc(Cl)cc12. The summed E-state index contributed by atoms with van der Waals surface area (Å²) in [5.74, 6) is 0.722. The number of thioether (sulfide) groups is 1. The quantitative estimate of drug-likeness (QED) is 0.354. The van der Waals surface area contributed by atoms with E-state index in [9.17, 15) is 18.0 Å². The lowest BCUT2D eigenvalue weighted by molar-refractivity contribution is -0.118. The van der Waals surface area contributed by atoms with Gasteiger partial charge in [-0.2, -0.15) is 0 Å². The Morgan fingerprint density at radius 3 is 2.89 bits per heavy atom. The Morgan fingerprint density at radius 2 is 2.14 bits per heavy atom. The number of benzene rings is 1. The largest absolute Gasteiger partial charge is 0.453 e. The van der Waals surface area contributed by atoms with E-state index in [0.29, 0.717) is 31.2 Å². The van der Waals surface area contributed by atoms with Crippen molar-refractivity contribution in [3.8, 4) is 0 Å². The van der Waals surface area contributed by atoms with Crippen LogP contribution in [0.2, 0.25) is 5.02 Å². The minimum atomic E-state index is -3.13. The molecule has 1 aromatic carbocycles. The predicted molar refractivity (Wildman–Crippen MR) is 145 cm³/mol. The second kappa shape index (κ2) is 10.7. The van der Waals surface area contributed by atoms with E-state index < -0.39 is 10.0 Å². The normalized spacial score (nSPS) is 21.0. The standard InChI is InChI=1S/C24H29ClN4O5S3/c1-34-23(31)28-9-7-24(14-28)15-29(19-6-3-16(25)11-18(19)24)21(30)12-20-26-13-22(36-20)35-10-2-8-27-37(32,33)17-4-5-17/h3,6,11,13,17,27H,2,4-5,7-10,12,14-15H2,1H3. The first-order chi connectivity index (χ1) is 17.7. The molecule has 5 rings (SSSR count). The van der Waals surface area contributed by atoms with Crippen LogP contribution in [0.5, 0.6) is 0 Å². The number of aromatic nitrogens is 1. The molecule has 1 atom stereocenters. The zero-order valence-corrected chi connectivity index (χ0v) is 23.6. The summed E-state index contributed by atoms with van der Waals surface area (Å²) in [6.45, 7) is 1.96. The Balaban J connectivity index is 1.18. The molecule has 2 aliphatic heterocycles. The van der Waals surface area contributed by atoms with Crippen molar-refractivity contribution in [1.82, 2.24) is 14.6 Å². The Bertz CT molecular complexity index is 1300. The molecular formula is C24H29ClN4O5S3. The first-order valence-electron chi connectivity index (χ1n) is 12.2. The molecular weight excluding hydrogens is 556 g/mol. The fourth-order valence-corrected chi connectivity index (χ4v) is 8.62. The van der Waals surface area contributed by atoms with E-state index in [1.54, 1.807) is 33.8 Å². The molecule has 9 nitrogen and oxygen atoms in total. The number of nitrogens with zero attached hydrogens (tertiary/aromatic N) is 3. The van der Waals surface area contributed by atoms with E-state index >= 15 is 0 Å². The number of thiazole rings is 1. The Morgan fingerprint density at radius 1 is 1.32 bits per heavy atom. The lowest BCUT2D eigenvalue weighted by Gasteiger charge is -2.25. The van der Waals surface area contributed by atoms with Crippen LogP contribution in [0.25, 0.3) is 0 Å². The van der Waals surface area contributed by atoms with E-state index in [2.05, 4.69) is 9.71 Å². The van der Waals surface area contributed by atoms with Gasteiger partial charge in [-0.25, -0.2) is 22.9 Å². The Kier molecular flexibility index (Phi) is 7.75. The molecule has 2 fully saturated rings. The van der Waals surface area contributed by atoms with Crippen molar-refractivity contribution in [3.05, 3.63) is 40.0 Å². The third-order valence-electron chi connectivity index (χ3n) is 7.04. The summed E-state index contributed by atoms with van der Waals surface area (Å²) in [6, 6.07) is 5.58. The molecule has 3 heterocycles. The highest BCUT2D eigenvalue weighted by atomic mass is 35.5. The van der Waals surface area contributed by atoms with Gasteiger partial charge in [-0.05, 0) is 49.4 Å². The monoisotopic (exact) mass is 584 g/mol. The molecule has 1 saturated carbocycles. The first-order valence-corrected chi connectivity index (χ1v) is 15.9. The lowest BCUT2D eigenvalue weighted by Crippen LogP contribution is -2.40. The van der Waals surface area contributed by atoms with Crippen molar-refractivity contribution < 1.29 is 22.7 Å². The van der Waals surface area contributed by atoms with E-state index in [4.69, 9.17) is 16.3 Å². The molecule has 3 aliphatic rings. The molecule has 0 radical (unpaired) electrons. The zero-order chi connectivity index (χ0) is 26.2. The number of nitrogens with one attached hydrogen (secondary N) is 1. The average Bonchev–Trinajstić information content (AvgIpc) is 3.41. The van der Waals surface area contributed by atoms with Crippen molar-refractivity contribution in [2.45, 2.75) is 47.0 Å². The number of halogens is 1. The molecule has 200 valence electrons. The molecule has 0 bridgehead atoms. The number of ether oxygens (including phenoxy) is 1. The smallest absolute Gasteiger partial charge is 0.409 e. The minimum absolute atomic E-state index is 0.0441. The summed E-state index contributed by atoms with van der Waals surface area (Å²) in [5, 5.41) is 1.14. The van der Waals surface area contributed by atoms with Crippen LogP contribution in [0.4, 0.5) is 10.5 Å². The number of hydrogen-bond donors (Lipinski definition) is 1. The summed E-state index contributed by atoms with van der Waals surface area (Å²) >= 11 is 9.42. The minimum Gasteiger partial charge on any atom is -0.453 e. The van der Waals surface area contributed by atoms with Gasteiger partial charge in [0.25, 0.3) is 0 Å². The van der Waals surface area contributed by atoms with E-state index in [-0.39, 0.29) is 29.1 Å². The number of carbonyl (C=O) groups is 2. The molecule has 37 heavy (non-hydrogen) atoms. The topological polar surface area (TPSA) is 109 Å². The van der Waals surface area contributed by atoms with Crippen molar-refractivity contribution >= 4 is 62.4 Å². The number of sulfonamides is 1. The van der Waals surface area contributed by atoms with Crippen LogP contribution in [-0.2, 0) is 31.4 Å². The van der Waals surface area contributed by atoms with Gasteiger partial charge in [-0.15, -0.1) is 23.1 Å². The van der Waals surface area contributed by atoms with Gasteiger partial charge in [0.1, 0.15) is 5.01 Å². The third-order valence-corrected chi connectivity index (χ3v) is 11.5. The molecule has 1 aromatic heterocycles. The van der Waals surface area contributed by atoms with Crippen LogP contribution in [0.15, 0.2) is 28.6 Å². The summed E-state index contributed by atoms with van der Waals surface area (Å²) in [5.41, 5.74) is 1.46. The molecule has 1 aliphatic carbocycles. The van der Waals surface area contributed by atoms with Crippen LogP contribution < -0.4 is 9.62 Å². The second-order valence-corrected chi connectivity index (χ2v) is 14.6. The highest BCUT2D eigenvalue weighted by Gasteiger charge is 2.50. The van der Waals surface area contributed by atoms with E-state index in [1.807, 2.05) is 12.1 Å². The van der Waals surface area contributed by atoms with Gasteiger partial charge in [0.15, 0.2) is 0 Å². The van der Waals surface area contributed by atoms with Gasteiger partial charge in [0.05, 0.1) is 29.2 Å². The van der Waals surface area contributed by atoms with Gasteiger partial charge in [0.2, 0.25) is 15.9 Å². The number of anilines is 1. The highest BCUT2D eigenvalue weighted by molar-refractivity contribution is 8.01. The fourth-order valence-electron chi connectivity index (χ4n) is 4.99. The van der Waals surface area contributed by atoms with Crippen molar-refractivity contribution in [2.24, 2.45) is 0 Å². The third kappa shape index (κ3) is 5.78. The number of likely N-dealkylation sites (tertiary alicyclic amines) is 1. The molecule has 13 heteroatoms. The molecule has 1 N–H and O–H groups in total. The van der Waals surface area contributed by atoms with Crippen molar-refractivity contribution in [3.63, 3.8) is 0 Å².